The smallest absolute Gasteiger partial charge is 0.261 e. The molecule has 0 aliphatic heterocycles. The van der Waals surface area contributed by atoms with Gasteiger partial charge >= 0.3 is 0 Å². The first-order valence-electron chi connectivity index (χ1n) is 6.43. The molecule has 2 aromatic rings. The molecule has 8 heteroatoms. The summed E-state index contributed by atoms with van der Waals surface area (Å²) in [4.78, 5) is 12.3. The minimum Gasteiger partial charge on any atom is -0.350 e. The summed E-state index contributed by atoms with van der Waals surface area (Å²) in [7, 11) is -3.65. The van der Waals surface area contributed by atoms with E-state index in [9.17, 15) is 17.6 Å². The number of nitrogens with one attached hydrogen (secondary N) is 1. The quantitative estimate of drug-likeness (QED) is 0.874. The van der Waals surface area contributed by atoms with Crippen LogP contribution in [0.2, 0.25) is 0 Å². The van der Waals surface area contributed by atoms with Crippen molar-refractivity contribution in [1.29, 1.82) is 0 Å². The maximum atomic E-state index is 13.8. The minimum absolute atomic E-state index is 0.0321. The van der Waals surface area contributed by atoms with E-state index in [1.54, 1.807) is 23.6 Å². The van der Waals surface area contributed by atoms with Gasteiger partial charge in [0.05, 0.1) is 23.4 Å². The summed E-state index contributed by atoms with van der Waals surface area (Å²) in [5, 5.41) is 4.39. The third-order valence-electron chi connectivity index (χ3n) is 2.87. The van der Waals surface area contributed by atoms with E-state index < -0.39 is 15.8 Å². The molecule has 1 heterocycles. The topological polar surface area (TPSA) is 66.5 Å². The predicted molar refractivity (Wildman–Crippen MR) is 85.2 cm³/mol. The molecule has 1 aromatic carbocycles. The number of carbonyl (C=O) groups is 1. The van der Waals surface area contributed by atoms with Gasteiger partial charge in [0.2, 0.25) is 10.0 Å². The number of sulfonamides is 1. The van der Waals surface area contributed by atoms with Crippen molar-refractivity contribution in [3.05, 3.63) is 52.5 Å². The van der Waals surface area contributed by atoms with E-state index in [-0.39, 0.29) is 24.7 Å². The zero-order valence-corrected chi connectivity index (χ0v) is 13.5. The van der Waals surface area contributed by atoms with Crippen molar-refractivity contribution in [2.75, 3.05) is 23.7 Å². The van der Waals surface area contributed by atoms with Gasteiger partial charge in [-0.2, -0.15) is 0 Å². The van der Waals surface area contributed by atoms with Gasteiger partial charge in [-0.3, -0.25) is 9.10 Å². The Morgan fingerprint density at radius 3 is 2.59 bits per heavy atom. The number of benzene rings is 1. The summed E-state index contributed by atoms with van der Waals surface area (Å²) in [6, 6.07) is 9.04. The molecule has 1 N–H and O–H groups in total. The fraction of sp³-hybridized carbons (Fsp3) is 0.214. The van der Waals surface area contributed by atoms with Gasteiger partial charge in [-0.25, -0.2) is 12.8 Å². The van der Waals surface area contributed by atoms with E-state index in [4.69, 9.17) is 0 Å². The molecule has 0 aliphatic carbocycles. The van der Waals surface area contributed by atoms with Gasteiger partial charge in [-0.15, -0.1) is 11.3 Å². The highest BCUT2D eigenvalue weighted by Gasteiger charge is 2.20. The van der Waals surface area contributed by atoms with Crippen LogP contribution in [0.15, 0.2) is 41.8 Å². The normalized spacial score (nSPS) is 11.2. The molecule has 2 rings (SSSR count). The molecule has 1 amide bonds. The summed E-state index contributed by atoms with van der Waals surface area (Å²) >= 11 is 1.29. The van der Waals surface area contributed by atoms with Crippen LogP contribution in [0.1, 0.15) is 9.67 Å². The van der Waals surface area contributed by atoms with Crippen molar-refractivity contribution in [1.82, 2.24) is 5.32 Å². The molecule has 0 atom stereocenters. The van der Waals surface area contributed by atoms with Gasteiger partial charge in [-0.05, 0) is 23.6 Å². The maximum absolute atomic E-state index is 13.8. The van der Waals surface area contributed by atoms with Crippen LogP contribution in [0.25, 0.3) is 0 Å². The van der Waals surface area contributed by atoms with Crippen molar-refractivity contribution >= 4 is 33.0 Å². The van der Waals surface area contributed by atoms with Crippen LogP contribution in [0.4, 0.5) is 10.1 Å². The van der Waals surface area contributed by atoms with Crippen LogP contribution >= 0.6 is 11.3 Å². The zero-order valence-electron chi connectivity index (χ0n) is 11.8. The number of amides is 1. The first kappa shape index (κ1) is 16.4. The molecule has 0 saturated heterocycles. The van der Waals surface area contributed by atoms with E-state index >= 15 is 0 Å². The summed E-state index contributed by atoms with van der Waals surface area (Å²) in [5.74, 6) is -0.908. The Labute approximate surface area is 132 Å². The number of para-hydroxylation sites is 1. The summed E-state index contributed by atoms with van der Waals surface area (Å²) < 4.78 is 38.4. The van der Waals surface area contributed by atoms with Gasteiger partial charge in [0.25, 0.3) is 5.91 Å². The Morgan fingerprint density at radius 1 is 1.27 bits per heavy atom. The Kier molecular flexibility index (Phi) is 5.15. The van der Waals surface area contributed by atoms with Crippen molar-refractivity contribution in [2.24, 2.45) is 0 Å². The third kappa shape index (κ3) is 4.05. The minimum atomic E-state index is -3.65. The predicted octanol–water partition coefficient (Wildman–Crippen LogP) is 2.08. The second-order valence-electron chi connectivity index (χ2n) is 4.52. The van der Waals surface area contributed by atoms with Crippen LogP contribution in [0.3, 0.4) is 0 Å². The molecule has 0 fully saturated rings. The highest BCUT2D eigenvalue weighted by molar-refractivity contribution is 7.92. The molecule has 118 valence electrons. The van der Waals surface area contributed by atoms with Crippen molar-refractivity contribution in [3.63, 3.8) is 0 Å². The lowest BCUT2D eigenvalue weighted by Gasteiger charge is -2.22. The number of rotatable bonds is 6. The molecular formula is C14H15FN2O3S2. The Bertz CT molecular complexity index is 745. The van der Waals surface area contributed by atoms with Gasteiger partial charge < -0.3 is 5.32 Å². The summed E-state index contributed by atoms with van der Waals surface area (Å²) in [6.07, 6.45) is 1.00. The van der Waals surface area contributed by atoms with Gasteiger partial charge in [0.15, 0.2) is 0 Å². The largest absolute Gasteiger partial charge is 0.350 e. The second kappa shape index (κ2) is 6.89. The van der Waals surface area contributed by atoms with E-state index in [1.165, 1.54) is 29.5 Å². The molecule has 0 spiro atoms. The number of hydrogen-bond acceptors (Lipinski definition) is 4. The Balaban J connectivity index is 2.06. The third-order valence-corrected chi connectivity index (χ3v) is 4.92. The Hall–Kier alpha value is -1.93. The van der Waals surface area contributed by atoms with Crippen molar-refractivity contribution < 1.29 is 17.6 Å². The molecule has 5 nitrogen and oxygen atoms in total. The average Bonchev–Trinajstić information content (AvgIpc) is 2.97. The number of hydrogen-bond donors (Lipinski definition) is 1. The van der Waals surface area contributed by atoms with Crippen molar-refractivity contribution in [3.8, 4) is 0 Å². The van der Waals surface area contributed by atoms with Gasteiger partial charge in [-0.1, -0.05) is 18.2 Å². The molecule has 0 bridgehead atoms. The van der Waals surface area contributed by atoms with E-state index in [0.717, 1.165) is 10.6 Å². The highest BCUT2D eigenvalue weighted by atomic mass is 32.2. The van der Waals surface area contributed by atoms with Gasteiger partial charge in [0.1, 0.15) is 5.82 Å². The first-order chi connectivity index (χ1) is 10.4. The number of anilines is 1. The fourth-order valence-electron chi connectivity index (χ4n) is 1.88. The lowest BCUT2D eigenvalue weighted by molar-refractivity contribution is 0.0959. The highest BCUT2D eigenvalue weighted by Crippen LogP contribution is 2.20. The molecule has 0 aliphatic rings. The number of nitrogens with zero attached hydrogens (tertiary/aromatic N) is 1. The lowest BCUT2D eigenvalue weighted by Crippen LogP contribution is -2.38. The summed E-state index contributed by atoms with van der Waals surface area (Å²) in [5.41, 5.74) is -0.0321. The van der Waals surface area contributed by atoms with Crippen molar-refractivity contribution in [2.45, 2.75) is 0 Å². The molecule has 1 aromatic heterocycles. The van der Waals surface area contributed by atoms with E-state index in [0.29, 0.717) is 4.88 Å². The molecule has 0 unspecified atom stereocenters. The van der Waals surface area contributed by atoms with Crippen LogP contribution in [-0.4, -0.2) is 33.7 Å². The lowest BCUT2D eigenvalue weighted by atomic mass is 10.3. The van der Waals surface area contributed by atoms with E-state index in [2.05, 4.69) is 5.32 Å². The zero-order chi connectivity index (χ0) is 16.2. The second-order valence-corrected chi connectivity index (χ2v) is 7.37. The van der Waals surface area contributed by atoms with Gasteiger partial charge in [0, 0.05) is 6.54 Å². The average molecular weight is 342 g/mol. The Morgan fingerprint density at radius 2 is 2.00 bits per heavy atom. The number of halogens is 1. The van der Waals surface area contributed by atoms with Crippen LogP contribution in [-0.2, 0) is 10.0 Å². The van der Waals surface area contributed by atoms with Crippen LogP contribution in [0, 0.1) is 5.82 Å². The number of carbonyl (C=O) groups excluding carboxylic acids is 1. The molecular weight excluding hydrogens is 327 g/mol. The molecule has 0 radical (unpaired) electrons. The SMILES string of the molecule is CS(=O)(=O)N(CCNC(=O)c1cccs1)c1ccccc1F. The molecule has 0 saturated carbocycles. The molecule has 22 heavy (non-hydrogen) atoms. The maximum Gasteiger partial charge on any atom is 0.261 e. The number of thiophene rings is 1. The summed E-state index contributed by atoms with van der Waals surface area (Å²) in [6.45, 7) is 0.0367. The van der Waals surface area contributed by atoms with Crippen LogP contribution in [0.5, 0.6) is 0 Å². The fourth-order valence-corrected chi connectivity index (χ4v) is 3.45. The van der Waals surface area contributed by atoms with Crippen LogP contribution < -0.4 is 9.62 Å². The standard InChI is InChI=1S/C14H15FN2O3S2/c1-22(19,20)17(12-6-3-2-5-11(12)15)9-8-16-14(18)13-7-4-10-21-13/h2-7,10H,8-9H2,1H3,(H,16,18). The van der Waals surface area contributed by atoms with E-state index in [1.807, 2.05) is 0 Å². The first-order valence-corrected chi connectivity index (χ1v) is 9.16. The monoisotopic (exact) mass is 342 g/mol.